The highest BCUT2D eigenvalue weighted by Gasteiger charge is 2.22. The third-order valence-corrected chi connectivity index (χ3v) is 3.59. The predicted octanol–water partition coefficient (Wildman–Crippen LogP) is 2.56. The molecule has 1 aromatic heterocycles. The van der Waals surface area contributed by atoms with Gasteiger partial charge in [-0.1, -0.05) is 12.8 Å². The zero-order valence-electron chi connectivity index (χ0n) is 8.71. The van der Waals surface area contributed by atoms with E-state index in [1.54, 1.807) is 0 Å². The molecule has 2 nitrogen and oxygen atoms in total. The van der Waals surface area contributed by atoms with Gasteiger partial charge in [-0.05, 0) is 38.0 Å². The minimum absolute atomic E-state index is 1.04. The summed E-state index contributed by atoms with van der Waals surface area (Å²) >= 11 is 0. The number of imidazole rings is 1. The van der Waals surface area contributed by atoms with E-state index in [1.807, 2.05) is 0 Å². The molecule has 0 spiro atoms. The summed E-state index contributed by atoms with van der Waals surface area (Å²) in [4.78, 5) is 4.52. The Balaban J connectivity index is 1.72. The lowest BCUT2D eigenvalue weighted by Gasteiger charge is -2.13. The lowest BCUT2D eigenvalue weighted by atomic mass is 10.0. The van der Waals surface area contributed by atoms with E-state index in [1.165, 1.54) is 62.9 Å². The smallest absolute Gasteiger partial charge is 0.0951 e. The van der Waals surface area contributed by atoms with Crippen LogP contribution in [-0.2, 0) is 19.4 Å². The summed E-state index contributed by atoms with van der Waals surface area (Å²) < 4.78 is 2.41. The Kier molecular flexibility index (Phi) is 2.07. The number of hydrogen-bond acceptors (Lipinski definition) is 1. The quantitative estimate of drug-likeness (QED) is 0.716. The van der Waals surface area contributed by atoms with E-state index in [2.05, 4.69) is 15.9 Å². The maximum absolute atomic E-state index is 4.52. The van der Waals surface area contributed by atoms with E-state index >= 15 is 0 Å². The van der Waals surface area contributed by atoms with Crippen molar-refractivity contribution < 1.29 is 0 Å². The molecule has 1 saturated carbocycles. The second kappa shape index (κ2) is 3.41. The summed E-state index contributed by atoms with van der Waals surface area (Å²) in [6.45, 7) is 1.22. The molecule has 0 amide bonds. The van der Waals surface area contributed by atoms with Crippen LogP contribution < -0.4 is 0 Å². The fourth-order valence-electron chi connectivity index (χ4n) is 2.45. The number of nitrogens with zero attached hydrogens (tertiary/aromatic N) is 2. The monoisotopic (exact) mass is 190 g/mol. The van der Waals surface area contributed by atoms with Crippen molar-refractivity contribution in [1.29, 1.82) is 0 Å². The maximum Gasteiger partial charge on any atom is 0.0951 e. The maximum atomic E-state index is 4.52. The second-order valence-electron chi connectivity index (χ2n) is 4.77. The highest BCUT2D eigenvalue weighted by atomic mass is 15.1. The van der Waals surface area contributed by atoms with Crippen LogP contribution in [0, 0.1) is 5.92 Å². The van der Waals surface area contributed by atoms with Crippen molar-refractivity contribution in [3.63, 3.8) is 0 Å². The van der Waals surface area contributed by atoms with Gasteiger partial charge in [-0.25, -0.2) is 4.98 Å². The van der Waals surface area contributed by atoms with E-state index < -0.39 is 0 Å². The normalized spacial score (nSPS) is 20.9. The highest BCUT2D eigenvalue weighted by molar-refractivity contribution is 5.16. The average Bonchev–Trinajstić information content (AvgIpc) is 2.96. The van der Waals surface area contributed by atoms with Crippen molar-refractivity contribution in [2.24, 2.45) is 5.92 Å². The Morgan fingerprint density at radius 3 is 3.00 bits per heavy atom. The fraction of sp³-hybridized carbons (Fsp3) is 0.750. The van der Waals surface area contributed by atoms with Gasteiger partial charge in [-0.15, -0.1) is 0 Å². The van der Waals surface area contributed by atoms with Crippen LogP contribution in [0.3, 0.4) is 0 Å². The molecule has 0 N–H and O–H groups in total. The van der Waals surface area contributed by atoms with Gasteiger partial charge in [0.1, 0.15) is 0 Å². The Morgan fingerprint density at radius 2 is 2.14 bits per heavy atom. The van der Waals surface area contributed by atoms with Crippen LogP contribution in [0.4, 0.5) is 0 Å². The zero-order valence-corrected chi connectivity index (χ0v) is 8.71. The predicted molar refractivity (Wildman–Crippen MR) is 56.2 cm³/mol. The van der Waals surface area contributed by atoms with Crippen LogP contribution in [-0.4, -0.2) is 9.55 Å². The minimum atomic E-state index is 1.04. The van der Waals surface area contributed by atoms with Crippen LogP contribution in [0.5, 0.6) is 0 Å². The Morgan fingerprint density at radius 1 is 1.29 bits per heavy atom. The van der Waals surface area contributed by atoms with Gasteiger partial charge in [0, 0.05) is 12.2 Å². The molecule has 3 rings (SSSR count). The molecule has 0 bridgehead atoms. The molecule has 0 unspecified atom stereocenters. The molecule has 0 aromatic carbocycles. The van der Waals surface area contributed by atoms with Gasteiger partial charge in [0.05, 0.1) is 12.0 Å². The topological polar surface area (TPSA) is 17.8 Å². The molecule has 2 aliphatic rings. The molecule has 14 heavy (non-hydrogen) atoms. The number of aromatic nitrogens is 2. The molecule has 1 fully saturated rings. The minimum Gasteiger partial charge on any atom is -0.334 e. The Labute approximate surface area is 85.3 Å². The molecular weight excluding hydrogens is 172 g/mol. The van der Waals surface area contributed by atoms with Gasteiger partial charge in [-0.2, -0.15) is 0 Å². The van der Waals surface area contributed by atoms with E-state index in [9.17, 15) is 0 Å². The molecule has 76 valence electrons. The van der Waals surface area contributed by atoms with E-state index in [-0.39, 0.29) is 0 Å². The molecule has 0 aliphatic heterocycles. The van der Waals surface area contributed by atoms with Gasteiger partial charge < -0.3 is 4.57 Å². The third kappa shape index (κ3) is 1.58. The van der Waals surface area contributed by atoms with Gasteiger partial charge in [0.15, 0.2) is 0 Å². The van der Waals surface area contributed by atoms with Gasteiger partial charge in [0.25, 0.3) is 0 Å². The van der Waals surface area contributed by atoms with Crippen LogP contribution in [0.15, 0.2) is 6.33 Å². The van der Waals surface area contributed by atoms with Gasteiger partial charge in [0.2, 0.25) is 0 Å². The molecule has 0 atom stereocenters. The molecule has 0 saturated heterocycles. The van der Waals surface area contributed by atoms with E-state index in [4.69, 9.17) is 0 Å². The van der Waals surface area contributed by atoms with E-state index in [0.29, 0.717) is 0 Å². The van der Waals surface area contributed by atoms with Crippen molar-refractivity contribution in [3.8, 4) is 0 Å². The number of fused-ring (bicyclic) bond motifs is 1. The van der Waals surface area contributed by atoms with Crippen LogP contribution >= 0.6 is 0 Å². The first kappa shape index (κ1) is 8.51. The first-order chi connectivity index (χ1) is 6.93. The first-order valence-corrected chi connectivity index (χ1v) is 5.96. The number of rotatable bonds is 3. The van der Waals surface area contributed by atoms with E-state index in [0.717, 1.165) is 5.92 Å². The van der Waals surface area contributed by atoms with Crippen molar-refractivity contribution in [3.05, 3.63) is 17.7 Å². The Hall–Kier alpha value is -0.790. The largest absolute Gasteiger partial charge is 0.334 e. The summed E-state index contributed by atoms with van der Waals surface area (Å²) in [5.41, 5.74) is 2.92. The van der Waals surface area contributed by atoms with Crippen LogP contribution in [0.2, 0.25) is 0 Å². The summed E-state index contributed by atoms with van der Waals surface area (Å²) in [6.07, 6.45) is 11.6. The Bertz CT molecular complexity index is 323. The average molecular weight is 190 g/mol. The summed E-state index contributed by atoms with van der Waals surface area (Å²) in [5.74, 6) is 1.04. The standard InChI is InChI=1S/C12H18N2/c1-2-4-12-11(3-1)13-9-14(12)8-7-10-5-6-10/h9-10H,1-8H2. The van der Waals surface area contributed by atoms with Gasteiger partial charge in [-0.3, -0.25) is 0 Å². The van der Waals surface area contributed by atoms with Crippen molar-refractivity contribution in [2.75, 3.05) is 0 Å². The number of aryl methyl sites for hydroxylation is 2. The van der Waals surface area contributed by atoms with Crippen LogP contribution in [0.25, 0.3) is 0 Å². The third-order valence-electron chi connectivity index (χ3n) is 3.59. The molecular formula is C12H18N2. The molecule has 1 aromatic rings. The summed E-state index contributed by atoms with van der Waals surface area (Å²) in [6, 6.07) is 0. The zero-order chi connectivity index (χ0) is 9.38. The van der Waals surface area contributed by atoms with Crippen molar-refractivity contribution >= 4 is 0 Å². The molecule has 1 heterocycles. The lowest BCUT2D eigenvalue weighted by molar-refractivity contribution is 0.557. The lowest BCUT2D eigenvalue weighted by Crippen LogP contribution is -2.08. The molecule has 2 aliphatic carbocycles. The van der Waals surface area contributed by atoms with Gasteiger partial charge >= 0.3 is 0 Å². The fourth-order valence-corrected chi connectivity index (χ4v) is 2.45. The van der Waals surface area contributed by atoms with Crippen LogP contribution in [0.1, 0.15) is 43.5 Å². The molecule has 0 radical (unpaired) electrons. The van der Waals surface area contributed by atoms with Crippen molar-refractivity contribution in [1.82, 2.24) is 9.55 Å². The second-order valence-corrected chi connectivity index (χ2v) is 4.77. The summed E-state index contributed by atoms with van der Waals surface area (Å²) in [7, 11) is 0. The summed E-state index contributed by atoms with van der Waals surface area (Å²) in [5, 5.41) is 0. The first-order valence-electron chi connectivity index (χ1n) is 5.96. The number of hydrogen-bond donors (Lipinski definition) is 0. The molecule has 2 heteroatoms. The highest BCUT2D eigenvalue weighted by Crippen LogP contribution is 2.33. The van der Waals surface area contributed by atoms with Crippen molar-refractivity contribution in [2.45, 2.75) is 51.5 Å². The SMILES string of the molecule is c1nc2c(n1CCC1CC1)CCCC2.